The van der Waals surface area contributed by atoms with E-state index in [0.717, 1.165) is 95.7 Å². The number of aryl methyl sites for hydroxylation is 2. The lowest BCUT2D eigenvalue weighted by atomic mass is 9.30. The molecule has 6 nitrogen and oxygen atoms in total. The van der Waals surface area contributed by atoms with Crippen LogP contribution in [-0.2, 0) is 25.7 Å². The lowest BCUT2D eigenvalue weighted by molar-refractivity contribution is 0.485. The zero-order chi connectivity index (χ0) is 52.2. The van der Waals surface area contributed by atoms with Crippen molar-refractivity contribution in [3.05, 3.63) is 184 Å². The molecule has 2 fully saturated rings. The van der Waals surface area contributed by atoms with Crippen molar-refractivity contribution in [1.29, 1.82) is 0 Å². The van der Waals surface area contributed by atoms with Gasteiger partial charge in [-0.25, -0.2) is 0 Å². The SMILES string of the molecule is c1ccc(N2c3cc4c(cc3B3c5ccc(N6CCCCC6)c6c5N(CCC6)c5cc(C6CCCc7ccccc76)cc2c53)B2c3ccc(N5CCCCC5)c5c3N(CCC5)c3cc(C5CCCc6ccccc65)cc(c32)O4)cc1. The van der Waals surface area contributed by atoms with E-state index >= 15 is 0 Å². The quantitative estimate of drug-likeness (QED) is 0.159. The summed E-state index contributed by atoms with van der Waals surface area (Å²) in [5.41, 5.74) is 33.1. The van der Waals surface area contributed by atoms with Gasteiger partial charge < -0.3 is 29.2 Å². The fourth-order valence-electron chi connectivity index (χ4n) is 17.9. The van der Waals surface area contributed by atoms with Crippen LogP contribution in [-0.4, -0.2) is 52.7 Å². The molecule has 0 spiro atoms. The predicted octanol–water partition coefficient (Wildman–Crippen LogP) is 12.3. The number of rotatable bonds is 5. The molecule has 0 amide bonds. The normalized spacial score (nSPS) is 20.6. The molecule has 2 saturated heterocycles. The first-order chi connectivity index (χ1) is 39.7. The number of fused-ring (bicyclic) bond motifs is 10. The van der Waals surface area contributed by atoms with Crippen LogP contribution in [0.1, 0.15) is 133 Å². The van der Waals surface area contributed by atoms with Crippen molar-refractivity contribution in [3.63, 3.8) is 0 Å². The standard InChI is InChI=1S/C72H69B2N5O/c1-4-22-50(23-5-1)79-63-45-67-60(74-58-31-33-62(76-36-12-3-13-37-76)56-29-17-39-78(72(56)58)65-41-49(43-68(80-67)70(65)74)54-27-15-21-47-19-7-9-25-52(47)54)44-59(63)73-57-30-32-61(75-34-10-2-11-35-75)55-28-16-38-77(71(55)57)64-40-48(42-66(79)69(64)73)53-26-14-20-46-18-6-8-24-51(46)53/h1,4-9,18-19,22-25,30-33,40-45,53-54H,2-3,10-17,20-21,26-29,34-39H2. The van der Waals surface area contributed by atoms with Crippen LogP contribution < -0.4 is 62.0 Å². The van der Waals surface area contributed by atoms with E-state index in [4.69, 9.17) is 4.74 Å². The average Bonchev–Trinajstić information content (AvgIpc) is 2.80. The van der Waals surface area contributed by atoms with Crippen molar-refractivity contribution in [2.75, 3.05) is 63.8 Å². The fourth-order valence-corrected chi connectivity index (χ4v) is 17.9. The van der Waals surface area contributed by atoms with Gasteiger partial charge in [0.25, 0.3) is 13.4 Å². The van der Waals surface area contributed by atoms with E-state index in [1.54, 1.807) is 11.1 Å². The van der Waals surface area contributed by atoms with Crippen molar-refractivity contribution in [3.8, 4) is 11.5 Å². The summed E-state index contributed by atoms with van der Waals surface area (Å²) in [6.07, 6.45) is 19.4. The molecule has 8 aliphatic heterocycles. The van der Waals surface area contributed by atoms with Crippen LogP contribution in [0.3, 0.4) is 0 Å². The predicted molar refractivity (Wildman–Crippen MR) is 335 cm³/mol. The molecule has 2 aliphatic carbocycles. The number of hydrogen-bond donors (Lipinski definition) is 0. The second-order valence-electron chi connectivity index (χ2n) is 25.4. The van der Waals surface area contributed by atoms with E-state index in [0.29, 0.717) is 11.8 Å². The number of piperidine rings is 2. The van der Waals surface area contributed by atoms with Crippen molar-refractivity contribution < 1.29 is 4.74 Å². The molecule has 0 saturated carbocycles. The summed E-state index contributed by atoms with van der Waals surface area (Å²) >= 11 is 0. The summed E-state index contributed by atoms with van der Waals surface area (Å²) in [5, 5.41) is 0. The first-order valence-corrected chi connectivity index (χ1v) is 31.3. The molecule has 8 aromatic carbocycles. The van der Waals surface area contributed by atoms with Crippen LogP contribution in [0, 0.1) is 0 Å². The number of ether oxygens (including phenoxy) is 1. The number of benzene rings is 8. The maximum Gasteiger partial charge on any atom is 0.256 e. The van der Waals surface area contributed by atoms with Crippen LogP contribution in [0.25, 0.3) is 0 Å². The molecular formula is C72H69B2N5O. The van der Waals surface area contributed by atoms with E-state index in [-0.39, 0.29) is 13.4 Å². The van der Waals surface area contributed by atoms with Gasteiger partial charge in [-0.2, -0.15) is 0 Å². The van der Waals surface area contributed by atoms with E-state index in [9.17, 15) is 0 Å². The second-order valence-corrected chi connectivity index (χ2v) is 25.4. The molecular weight excluding hydrogens is 972 g/mol. The smallest absolute Gasteiger partial charge is 0.256 e. The van der Waals surface area contributed by atoms with Gasteiger partial charge in [-0.15, -0.1) is 0 Å². The first-order valence-electron chi connectivity index (χ1n) is 31.3. The molecule has 8 heterocycles. The third kappa shape index (κ3) is 6.80. The van der Waals surface area contributed by atoms with Gasteiger partial charge in [0.05, 0.1) is 0 Å². The molecule has 0 N–H and O–H groups in total. The van der Waals surface area contributed by atoms with Gasteiger partial charge >= 0.3 is 0 Å². The van der Waals surface area contributed by atoms with Gasteiger partial charge in [0, 0.05) is 108 Å². The Morgan fingerprint density at radius 1 is 0.375 bits per heavy atom. The Balaban J connectivity index is 0.899. The summed E-state index contributed by atoms with van der Waals surface area (Å²) in [7, 11) is 0. The minimum Gasteiger partial charge on any atom is -0.458 e. The molecule has 18 rings (SSSR count). The number of para-hydroxylation sites is 1. The van der Waals surface area contributed by atoms with E-state index in [1.165, 1.54) is 175 Å². The maximum atomic E-state index is 7.76. The Bertz CT molecular complexity index is 3880. The van der Waals surface area contributed by atoms with Gasteiger partial charge in [-0.3, -0.25) is 0 Å². The number of hydrogen-bond acceptors (Lipinski definition) is 6. The average molecular weight is 1040 g/mol. The molecule has 10 aliphatic rings. The minimum atomic E-state index is 0.0375. The lowest BCUT2D eigenvalue weighted by Crippen LogP contribution is -2.65. The van der Waals surface area contributed by atoms with Crippen LogP contribution in [0.2, 0.25) is 0 Å². The maximum absolute atomic E-state index is 7.76. The van der Waals surface area contributed by atoms with E-state index in [1.807, 2.05) is 0 Å². The molecule has 0 aromatic heterocycles. The Kier molecular flexibility index (Phi) is 10.5. The number of nitrogens with zero attached hydrogens (tertiary/aromatic N) is 5. The number of anilines is 9. The molecule has 2 atom stereocenters. The largest absolute Gasteiger partial charge is 0.458 e. The highest BCUT2D eigenvalue weighted by Crippen LogP contribution is 2.51. The zero-order valence-electron chi connectivity index (χ0n) is 46.3. The zero-order valence-corrected chi connectivity index (χ0v) is 46.3. The van der Waals surface area contributed by atoms with E-state index < -0.39 is 0 Å². The molecule has 2 unspecified atom stereocenters. The molecule has 0 radical (unpaired) electrons. The molecule has 8 heteroatoms. The topological polar surface area (TPSA) is 25.4 Å². The van der Waals surface area contributed by atoms with Gasteiger partial charge in [0.2, 0.25) is 0 Å². The Hall–Kier alpha value is -7.31. The fraction of sp³-hybridized carbons (Fsp3) is 0.333. The van der Waals surface area contributed by atoms with Crippen molar-refractivity contribution in [2.45, 2.75) is 115 Å². The highest BCUT2D eigenvalue weighted by Gasteiger charge is 2.50. The summed E-state index contributed by atoms with van der Waals surface area (Å²) in [6, 6.07) is 56.0. The van der Waals surface area contributed by atoms with Gasteiger partial charge in [-0.1, -0.05) is 84.9 Å². The van der Waals surface area contributed by atoms with Gasteiger partial charge in [-0.05, 0) is 229 Å². The Morgan fingerprint density at radius 3 is 1.52 bits per heavy atom. The minimum absolute atomic E-state index is 0.0375. The van der Waals surface area contributed by atoms with Crippen LogP contribution in [0.5, 0.6) is 11.5 Å². The van der Waals surface area contributed by atoms with Crippen molar-refractivity contribution in [1.82, 2.24) is 0 Å². The van der Waals surface area contributed by atoms with Gasteiger partial charge in [0.15, 0.2) is 0 Å². The monoisotopic (exact) mass is 1040 g/mol. The molecule has 8 aromatic rings. The summed E-state index contributed by atoms with van der Waals surface area (Å²) in [6.45, 7) is 6.78. The molecule has 394 valence electrons. The highest BCUT2D eigenvalue weighted by molar-refractivity contribution is 7.02. The summed E-state index contributed by atoms with van der Waals surface area (Å²) < 4.78 is 7.76. The third-order valence-electron chi connectivity index (χ3n) is 21.3. The summed E-state index contributed by atoms with van der Waals surface area (Å²) in [4.78, 5) is 13.7. The van der Waals surface area contributed by atoms with Crippen LogP contribution >= 0.6 is 0 Å². The second kappa shape index (κ2) is 18.1. The lowest BCUT2D eigenvalue weighted by Gasteiger charge is -2.48. The van der Waals surface area contributed by atoms with Crippen LogP contribution in [0.15, 0.2) is 140 Å². The summed E-state index contributed by atoms with van der Waals surface area (Å²) in [5.74, 6) is 2.73. The van der Waals surface area contributed by atoms with Crippen LogP contribution in [0.4, 0.5) is 51.2 Å². The molecule has 0 bridgehead atoms. The third-order valence-corrected chi connectivity index (χ3v) is 21.3. The van der Waals surface area contributed by atoms with E-state index in [2.05, 4.69) is 164 Å². The Labute approximate surface area is 473 Å². The van der Waals surface area contributed by atoms with Crippen molar-refractivity contribution >= 4 is 97.4 Å². The Morgan fingerprint density at radius 2 is 0.912 bits per heavy atom. The first kappa shape index (κ1) is 46.4. The highest BCUT2D eigenvalue weighted by atomic mass is 16.5. The van der Waals surface area contributed by atoms with Crippen molar-refractivity contribution in [2.24, 2.45) is 0 Å². The molecule has 80 heavy (non-hydrogen) atoms. The van der Waals surface area contributed by atoms with Gasteiger partial charge in [0.1, 0.15) is 11.5 Å².